The fraction of sp³-hybridized carbons (Fsp3) is 0.167. The number of hydrogen-bond donors (Lipinski definition) is 0. The van der Waals surface area contributed by atoms with E-state index in [0.29, 0.717) is 4.91 Å². The van der Waals surface area contributed by atoms with E-state index in [1.807, 2.05) is 13.0 Å². The lowest BCUT2D eigenvalue weighted by Gasteiger charge is -1.92. The highest BCUT2D eigenvalue weighted by atomic mass is 79.9. The van der Waals surface area contributed by atoms with Crippen LogP contribution in [0, 0.1) is 0 Å². The van der Waals surface area contributed by atoms with E-state index in [1.165, 1.54) is 11.8 Å². The molecule has 0 heterocycles. The number of halogens is 1. The number of hydrogen-bond acceptors (Lipinski definition) is 2. The average molecular weight is 207 g/mol. The van der Waals surface area contributed by atoms with Crippen LogP contribution in [0.25, 0.3) is 0 Å². The highest BCUT2D eigenvalue weighted by molar-refractivity contribution is 9.14. The zero-order valence-corrected chi connectivity index (χ0v) is 7.46. The van der Waals surface area contributed by atoms with Crippen molar-refractivity contribution in [2.45, 2.75) is 6.92 Å². The maximum Gasteiger partial charge on any atom is 0.156 e. The van der Waals surface area contributed by atoms with Crippen molar-refractivity contribution in [3.05, 3.63) is 21.4 Å². The van der Waals surface area contributed by atoms with E-state index in [4.69, 9.17) is 0 Å². The summed E-state index contributed by atoms with van der Waals surface area (Å²) in [5, 5.41) is 0. The van der Waals surface area contributed by atoms with E-state index in [2.05, 4.69) is 22.5 Å². The van der Waals surface area contributed by atoms with Gasteiger partial charge in [-0.3, -0.25) is 4.79 Å². The van der Waals surface area contributed by atoms with Gasteiger partial charge in [-0.15, -0.1) is 0 Å². The van der Waals surface area contributed by atoms with Gasteiger partial charge in [-0.2, -0.15) is 0 Å². The Morgan fingerprint density at radius 3 is 2.67 bits per heavy atom. The molecule has 0 aromatic rings. The Hall–Kier alpha value is -0.0200. The van der Waals surface area contributed by atoms with Crippen LogP contribution in [0.1, 0.15) is 6.92 Å². The molecule has 0 aromatic carbocycles. The molecule has 0 saturated carbocycles. The van der Waals surface area contributed by atoms with Gasteiger partial charge in [-0.05, 0) is 22.9 Å². The molecule has 0 rings (SSSR count). The van der Waals surface area contributed by atoms with Crippen molar-refractivity contribution in [3.8, 4) is 0 Å². The fourth-order valence-electron chi connectivity index (χ4n) is 0.208. The molecule has 0 aromatic heterocycles. The van der Waals surface area contributed by atoms with E-state index in [1.54, 1.807) is 0 Å². The van der Waals surface area contributed by atoms with Gasteiger partial charge in [-0.25, -0.2) is 0 Å². The second-order valence-electron chi connectivity index (χ2n) is 1.28. The van der Waals surface area contributed by atoms with Crippen LogP contribution in [0.3, 0.4) is 0 Å². The Bertz CT molecular complexity index is 151. The first-order valence-electron chi connectivity index (χ1n) is 2.34. The van der Waals surface area contributed by atoms with Crippen molar-refractivity contribution in [2.75, 3.05) is 0 Å². The first kappa shape index (κ1) is 8.98. The number of carbonyl (C=O) groups is 1. The summed E-state index contributed by atoms with van der Waals surface area (Å²) in [5.41, 5.74) is 0. The van der Waals surface area contributed by atoms with E-state index in [0.717, 1.165) is 10.1 Å². The SMILES string of the molecule is C=C(C=O)S/C(Br)=C\C. The molecular weight excluding hydrogens is 200 g/mol. The summed E-state index contributed by atoms with van der Waals surface area (Å²) < 4.78 is 0.916. The van der Waals surface area contributed by atoms with Gasteiger partial charge in [0.15, 0.2) is 6.29 Å². The predicted octanol–water partition coefficient (Wildman–Crippen LogP) is 2.69. The maximum absolute atomic E-state index is 9.99. The average Bonchev–Trinajstić information content (AvgIpc) is 1.87. The molecule has 0 atom stereocenters. The van der Waals surface area contributed by atoms with E-state index < -0.39 is 0 Å². The minimum Gasteiger partial charge on any atom is -0.297 e. The molecule has 0 bridgehead atoms. The zero-order chi connectivity index (χ0) is 7.28. The largest absolute Gasteiger partial charge is 0.297 e. The van der Waals surface area contributed by atoms with E-state index in [9.17, 15) is 4.79 Å². The van der Waals surface area contributed by atoms with Gasteiger partial charge in [0.05, 0.1) is 3.81 Å². The summed E-state index contributed by atoms with van der Waals surface area (Å²) in [6.45, 7) is 5.37. The molecule has 1 nitrogen and oxygen atoms in total. The summed E-state index contributed by atoms with van der Waals surface area (Å²) in [7, 11) is 0. The zero-order valence-electron chi connectivity index (χ0n) is 5.06. The minimum absolute atomic E-state index is 0.514. The molecule has 0 unspecified atom stereocenters. The lowest BCUT2D eigenvalue weighted by Crippen LogP contribution is -1.71. The second kappa shape index (κ2) is 4.82. The first-order chi connectivity index (χ1) is 4.20. The van der Waals surface area contributed by atoms with Gasteiger partial charge in [0.25, 0.3) is 0 Å². The third-order valence-corrected chi connectivity index (χ3v) is 2.32. The van der Waals surface area contributed by atoms with Crippen molar-refractivity contribution in [1.82, 2.24) is 0 Å². The number of allylic oxidation sites excluding steroid dienone is 2. The van der Waals surface area contributed by atoms with Gasteiger partial charge >= 0.3 is 0 Å². The molecule has 0 aliphatic rings. The molecule has 0 radical (unpaired) electrons. The summed E-state index contributed by atoms with van der Waals surface area (Å²) in [6, 6.07) is 0. The van der Waals surface area contributed by atoms with Crippen molar-refractivity contribution >= 4 is 34.0 Å². The summed E-state index contributed by atoms with van der Waals surface area (Å²) in [6.07, 6.45) is 2.59. The van der Waals surface area contributed by atoms with E-state index in [-0.39, 0.29) is 0 Å². The lowest BCUT2D eigenvalue weighted by atomic mass is 10.7. The molecule has 3 heteroatoms. The minimum atomic E-state index is 0.514. The van der Waals surface area contributed by atoms with Crippen LogP contribution < -0.4 is 0 Å². The highest BCUT2D eigenvalue weighted by Crippen LogP contribution is 2.26. The van der Waals surface area contributed by atoms with Crippen LogP contribution in [-0.4, -0.2) is 6.29 Å². The van der Waals surface area contributed by atoms with Crippen LogP contribution in [0.4, 0.5) is 0 Å². The van der Waals surface area contributed by atoms with Crippen LogP contribution in [0.5, 0.6) is 0 Å². The maximum atomic E-state index is 9.99. The molecular formula is C6H7BrOS. The molecule has 9 heavy (non-hydrogen) atoms. The molecule has 0 amide bonds. The van der Waals surface area contributed by atoms with Crippen molar-refractivity contribution in [2.24, 2.45) is 0 Å². The fourth-order valence-corrected chi connectivity index (χ4v) is 1.25. The quantitative estimate of drug-likeness (QED) is 0.522. The number of carbonyl (C=O) groups excluding carboxylic acids is 1. The summed E-state index contributed by atoms with van der Waals surface area (Å²) >= 11 is 4.54. The molecule has 0 aliphatic heterocycles. The van der Waals surface area contributed by atoms with Crippen molar-refractivity contribution in [3.63, 3.8) is 0 Å². The molecule has 0 N–H and O–H groups in total. The highest BCUT2D eigenvalue weighted by Gasteiger charge is 1.93. The van der Waals surface area contributed by atoms with Crippen LogP contribution in [-0.2, 0) is 4.79 Å². The van der Waals surface area contributed by atoms with Gasteiger partial charge in [0, 0.05) is 4.91 Å². The lowest BCUT2D eigenvalue weighted by molar-refractivity contribution is -0.104. The number of thioether (sulfide) groups is 1. The van der Waals surface area contributed by atoms with Crippen molar-refractivity contribution < 1.29 is 4.79 Å². The molecule has 0 spiro atoms. The first-order valence-corrected chi connectivity index (χ1v) is 3.95. The summed E-state index contributed by atoms with van der Waals surface area (Å²) in [4.78, 5) is 10.5. The Morgan fingerprint density at radius 2 is 2.33 bits per heavy atom. The van der Waals surface area contributed by atoms with Gasteiger partial charge in [0.1, 0.15) is 0 Å². The normalized spacial score (nSPS) is 11.1. The Morgan fingerprint density at radius 1 is 1.78 bits per heavy atom. The smallest absolute Gasteiger partial charge is 0.156 e. The number of rotatable bonds is 3. The molecule has 0 saturated heterocycles. The Labute approximate surface area is 67.3 Å². The standard InChI is InChI=1S/C6H7BrOS/c1-3-6(7)9-5(2)4-8/h3-4H,2H2,1H3/b6-3-. The van der Waals surface area contributed by atoms with Gasteiger partial charge in [0.2, 0.25) is 0 Å². The molecule has 0 fully saturated rings. The second-order valence-corrected chi connectivity index (χ2v) is 3.83. The Kier molecular flexibility index (Phi) is 4.81. The van der Waals surface area contributed by atoms with Crippen LogP contribution in [0.2, 0.25) is 0 Å². The predicted molar refractivity (Wildman–Crippen MR) is 45.5 cm³/mol. The summed E-state index contributed by atoms with van der Waals surface area (Å²) in [5.74, 6) is 0. The van der Waals surface area contributed by atoms with Crippen LogP contribution in [0.15, 0.2) is 21.4 Å². The van der Waals surface area contributed by atoms with Crippen molar-refractivity contribution in [1.29, 1.82) is 0 Å². The Balaban J connectivity index is 3.74. The monoisotopic (exact) mass is 206 g/mol. The van der Waals surface area contributed by atoms with Gasteiger partial charge in [-0.1, -0.05) is 24.4 Å². The third-order valence-electron chi connectivity index (χ3n) is 0.587. The van der Waals surface area contributed by atoms with Crippen LogP contribution >= 0.6 is 27.7 Å². The number of aldehydes is 1. The van der Waals surface area contributed by atoms with E-state index >= 15 is 0 Å². The van der Waals surface area contributed by atoms with Gasteiger partial charge < -0.3 is 0 Å². The third kappa shape index (κ3) is 4.48. The molecule has 0 aliphatic carbocycles. The topological polar surface area (TPSA) is 17.1 Å². The molecule has 50 valence electrons.